The van der Waals surface area contributed by atoms with Gasteiger partial charge in [-0.25, -0.2) is 16.8 Å². The van der Waals surface area contributed by atoms with Gasteiger partial charge >= 0.3 is 0 Å². The van der Waals surface area contributed by atoms with Crippen LogP contribution in [0.15, 0.2) is 46.7 Å². The third-order valence-electron chi connectivity index (χ3n) is 5.43. The molecule has 2 aromatic rings. The quantitative estimate of drug-likeness (QED) is 0.655. The second kappa shape index (κ2) is 8.85. The lowest BCUT2D eigenvalue weighted by atomic mass is 10.2. The van der Waals surface area contributed by atoms with E-state index in [1.807, 2.05) is 38.5 Å². The van der Waals surface area contributed by atoms with E-state index in [2.05, 4.69) is 10.2 Å². The van der Waals surface area contributed by atoms with Crippen LogP contribution in [0.3, 0.4) is 0 Å². The Morgan fingerprint density at radius 1 is 1.17 bits per heavy atom. The molecule has 1 fully saturated rings. The van der Waals surface area contributed by atoms with E-state index in [4.69, 9.17) is 0 Å². The van der Waals surface area contributed by atoms with Crippen LogP contribution in [0.2, 0.25) is 0 Å². The summed E-state index contributed by atoms with van der Waals surface area (Å²) in [5.41, 5.74) is 1.04. The number of aryl methyl sites for hydroxylation is 1. The first-order chi connectivity index (χ1) is 13.6. The summed E-state index contributed by atoms with van der Waals surface area (Å²) in [5.74, 6) is -0.497. The van der Waals surface area contributed by atoms with Crippen LogP contribution < -0.4 is 5.32 Å². The van der Waals surface area contributed by atoms with E-state index < -0.39 is 31.0 Å². The molecule has 0 spiro atoms. The molecule has 1 unspecified atom stereocenters. The molecule has 1 N–H and O–H groups in total. The summed E-state index contributed by atoms with van der Waals surface area (Å²) in [7, 11) is -3.26. The van der Waals surface area contributed by atoms with Gasteiger partial charge in [-0.05, 0) is 49.7 Å². The Hall–Kier alpha value is -1.26. The maximum Gasteiger partial charge on any atom is 0.183 e. The van der Waals surface area contributed by atoms with Gasteiger partial charge in [-0.1, -0.05) is 25.1 Å². The van der Waals surface area contributed by atoms with E-state index >= 15 is 0 Å². The highest BCUT2D eigenvalue weighted by atomic mass is 32.2. The molecule has 0 saturated carbocycles. The van der Waals surface area contributed by atoms with Gasteiger partial charge in [0, 0.05) is 17.5 Å². The summed E-state index contributed by atoms with van der Waals surface area (Å²) in [4.78, 5) is 3.39. The van der Waals surface area contributed by atoms with E-state index in [9.17, 15) is 16.8 Å². The fraction of sp³-hybridized carbons (Fsp3) is 0.500. The molecule has 0 radical (unpaired) electrons. The van der Waals surface area contributed by atoms with Gasteiger partial charge in [0.25, 0.3) is 0 Å². The fourth-order valence-corrected chi connectivity index (χ4v) is 9.32. The summed E-state index contributed by atoms with van der Waals surface area (Å²) < 4.78 is 51.1. The average Bonchev–Trinajstić information content (AvgIpc) is 3.29. The molecule has 0 bridgehead atoms. The minimum absolute atomic E-state index is 0.0468. The Labute approximate surface area is 177 Å². The Morgan fingerprint density at radius 2 is 1.86 bits per heavy atom. The number of hydrogen-bond acceptors (Lipinski definition) is 7. The smallest absolute Gasteiger partial charge is 0.183 e. The molecule has 0 amide bonds. The van der Waals surface area contributed by atoms with Gasteiger partial charge < -0.3 is 10.2 Å². The second-order valence-corrected chi connectivity index (χ2v) is 13.0. The largest absolute Gasteiger partial charge is 0.310 e. The molecule has 2 heterocycles. The summed E-state index contributed by atoms with van der Waals surface area (Å²) >= 11 is 1.63. The minimum atomic E-state index is -3.76. The standard InChI is InChI=1S/C20H28N2O4S3/c1-4-15-7-9-16(10-8-15)29(25,26)20-14-28(23,24)13-17(20)21-12-18(22(2)3)19-6-5-11-27-19/h5-11,17-18,20-21H,4,12-14H2,1-3H3/t17-,18?,20-/m0/s1. The predicted octanol–water partition coefficient (Wildman–Crippen LogP) is 2.14. The van der Waals surface area contributed by atoms with Gasteiger partial charge in [-0.3, -0.25) is 0 Å². The summed E-state index contributed by atoms with van der Waals surface area (Å²) in [6.45, 7) is 2.48. The molecular weight excluding hydrogens is 428 g/mol. The number of rotatable bonds is 8. The molecule has 1 aromatic carbocycles. The van der Waals surface area contributed by atoms with E-state index in [1.54, 1.807) is 35.6 Å². The van der Waals surface area contributed by atoms with Gasteiger partial charge in [0.2, 0.25) is 0 Å². The first-order valence-electron chi connectivity index (χ1n) is 9.60. The van der Waals surface area contributed by atoms with E-state index in [0.717, 1.165) is 16.9 Å². The highest BCUT2D eigenvalue weighted by molar-refractivity contribution is 7.96. The molecule has 1 aliphatic rings. The molecule has 3 atom stereocenters. The van der Waals surface area contributed by atoms with Crippen molar-refractivity contribution in [3.63, 3.8) is 0 Å². The molecule has 1 saturated heterocycles. The number of sulfone groups is 2. The van der Waals surface area contributed by atoms with Gasteiger partial charge in [-0.2, -0.15) is 0 Å². The second-order valence-electron chi connectivity index (χ2n) is 7.67. The van der Waals surface area contributed by atoms with Crippen LogP contribution in [0, 0.1) is 0 Å². The maximum atomic E-state index is 13.2. The Balaban J connectivity index is 1.83. The number of nitrogens with one attached hydrogen (secondary N) is 1. The first kappa shape index (κ1) is 22.4. The van der Waals surface area contributed by atoms with E-state index in [0.29, 0.717) is 6.54 Å². The Morgan fingerprint density at radius 3 is 2.41 bits per heavy atom. The zero-order valence-corrected chi connectivity index (χ0v) is 19.4. The van der Waals surface area contributed by atoms with Crippen molar-refractivity contribution in [1.29, 1.82) is 0 Å². The van der Waals surface area contributed by atoms with Crippen LogP contribution in [0.5, 0.6) is 0 Å². The predicted molar refractivity (Wildman–Crippen MR) is 118 cm³/mol. The molecule has 160 valence electrons. The lowest BCUT2D eigenvalue weighted by Crippen LogP contribution is -2.46. The van der Waals surface area contributed by atoms with Crippen molar-refractivity contribution >= 4 is 31.0 Å². The Kier molecular flexibility index (Phi) is 6.84. The van der Waals surface area contributed by atoms with Crippen molar-refractivity contribution in [2.75, 3.05) is 32.1 Å². The zero-order valence-electron chi connectivity index (χ0n) is 16.9. The lowest BCUT2D eigenvalue weighted by Gasteiger charge is -2.27. The minimum Gasteiger partial charge on any atom is -0.310 e. The molecule has 0 aliphatic carbocycles. The topological polar surface area (TPSA) is 83.5 Å². The van der Waals surface area contributed by atoms with Crippen LogP contribution in [0.1, 0.15) is 23.4 Å². The van der Waals surface area contributed by atoms with Crippen molar-refractivity contribution in [3.05, 3.63) is 52.2 Å². The number of nitrogens with zero attached hydrogens (tertiary/aromatic N) is 1. The molecule has 9 heteroatoms. The van der Waals surface area contributed by atoms with Gasteiger partial charge in [-0.15, -0.1) is 11.3 Å². The molecule has 1 aromatic heterocycles. The van der Waals surface area contributed by atoms with Crippen LogP contribution in [0.25, 0.3) is 0 Å². The molecule has 29 heavy (non-hydrogen) atoms. The first-order valence-corrected chi connectivity index (χ1v) is 13.8. The fourth-order valence-electron chi connectivity index (χ4n) is 3.68. The summed E-state index contributed by atoms with van der Waals surface area (Å²) in [6.07, 6.45) is 0.816. The van der Waals surface area contributed by atoms with Crippen molar-refractivity contribution in [1.82, 2.24) is 10.2 Å². The highest BCUT2D eigenvalue weighted by Crippen LogP contribution is 2.28. The van der Waals surface area contributed by atoms with Crippen LogP contribution in [-0.4, -0.2) is 65.2 Å². The van der Waals surface area contributed by atoms with Crippen molar-refractivity contribution in [3.8, 4) is 0 Å². The number of thiophene rings is 1. The zero-order chi connectivity index (χ0) is 21.2. The van der Waals surface area contributed by atoms with Gasteiger partial charge in [0.1, 0.15) is 0 Å². The third-order valence-corrected chi connectivity index (χ3v) is 10.6. The normalized spacial score (nSPS) is 22.8. The SMILES string of the molecule is CCc1ccc(S(=O)(=O)[C@H]2CS(=O)(=O)C[C@@H]2NCC(c2cccs2)N(C)C)cc1. The van der Waals surface area contributed by atoms with Gasteiger partial charge in [0.05, 0.1) is 27.7 Å². The van der Waals surface area contributed by atoms with Crippen molar-refractivity contribution in [2.24, 2.45) is 0 Å². The summed E-state index contributed by atoms with van der Waals surface area (Å²) in [6, 6.07) is 10.2. The number of benzene rings is 1. The molecule has 3 rings (SSSR count). The number of hydrogen-bond donors (Lipinski definition) is 1. The molecular formula is C20H28N2O4S3. The third kappa shape index (κ3) is 5.08. The monoisotopic (exact) mass is 456 g/mol. The van der Waals surface area contributed by atoms with Crippen LogP contribution in [0.4, 0.5) is 0 Å². The van der Waals surface area contributed by atoms with Gasteiger partial charge in [0.15, 0.2) is 19.7 Å². The molecule has 1 aliphatic heterocycles. The Bertz CT molecular complexity index is 1010. The van der Waals surface area contributed by atoms with Crippen LogP contribution in [-0.2, 0) is 26.1 Å². The molecule has 6 nitrogen and oxygen atoms in total. The van der Waals surface area contributed by atoms with E-state index in [-0.39, 0.29) is 22.4 Å². The van der Waals surface area contributed by atoms with Crippen molar-refractivity contribution in [2.45, 2.75) is 35.6 Å². The van der Waals surface area contributed by atoms with Crippen molar-refractivity contribution < 1.29 is 16.8 Å². The van der Waals surface area contributed by atoms with Crippen LogP contribution >= 0.6 is 11.3 Å². The van der Waals surface area contributed by atoms with E-state index in [1.165, 1.54) is 0 Å². The highest BCUT2D eigenvalue weighted by Gasteiger charge is 2.45. The lowest BCUT2D eigenvalue weighted by molar-refractivity contribution is 0.285. The number of likely N-dealkylation sites (N-methyl/N-ethyl adjacent to an activating group) is 1. The average molecular weight is 457 g/mol. The summed E-state index contributed by atoms with van der Waals surface area (Å²) in [5, 5.41) is 4.28. The maximum absolute atomic E-state index is 13.2.